The normalized spacial score (nSPS) is 11.3. The van der Waals surface area contributed by atoms with Crippen molar-refractivity contribution in [1.29, 1.82) is 0 Å². The molecule has 8 aromatic carbocycles. The second-order valence-electron chi connectivity index (χ2n) is 16.0. The molecule has 0 radical (unpaired) electrons. The van der Waals surface area contributed by atoms with E-state index in [2.05, 4.69) is 0 Å². The number of para-hydroxylation sites is 4. The van der Waals surface area contributed by atoms with Gasteiger partial charge in [0.1, 0.15) is 46.0 Å². The van der Waals surface area contributed by atoms with E-state index in [9.17, 15) is 0 Å². The fraction of sp³-hybridized carbons (Fsp3) is 0. The SMILES string of the molecule is [O]=[V+2].c1ccc(Oc2ccc3c(c2)-c2nc-3nc3[n-]c(nc4nc(nc5[n-]c(n2)c2ccc(Oc6ccccc6)cc52)-c2ccc(Oc5ccccc5)cc2-4)c2ccc(Oc4ccccc4)cc32)cc1. The number of hydrogen-bond acceptors (Lipinski definition) is 11. The first-order chi connectivity index (χ1) is 34.6. The summed E-state index contributed by atoms with van der Waals surface area (Å²) >= 11 is 1.06. The van der Waals surface area contributed by atoms with Crippen molar-refractivity contribution in [3.8, 4) is 91.5 Å². The second-order valence-corrected chi connectivity index (χ2v) is 16.0. The van der Waals surface area contributed by atoms with Gasteiger partial charge in [0.25, 0.3) is 0 Å². The van der Waals surface area contributed by atoms with E-state index in [0.717, 1.165) is 39.3 Å². The van der Waals surface area contributed by atoms with Gasteiger partial charge >= 0.3 is 21.0 Å². The predicted molar refractivity (Wildman–Crippen MR) is 261 cm³/mol. The Hall–Kier alpha value is -9.30. The Morgan fingerprint density at radius 1 is 0.271 bits per heavy atom. The van der Waals surface area contributed by atoms with Gasteiger partial charge in [0.15, 0.2) is 0 Å². The van der Waals surface area contributed by atoms with Crippen LogP contribution >= 0.6 is 0 Å². The second kappa shape index (κ2) is 18.1. The minimum Gasteiger partial charge on any atom is -0.457 e. The maximum atomic E-state index is 8.19. The fourth-order valence-corrected chi connectivity index (χ4v) is 8.33. The summed E-state index contributed by atoms with van der Waals surface area (Å²) < 4.78 is 33.5. The standard InChI is InChI=1S/C56H32N8O4.O.V/c1-5-13-33(14-6-1)65-37-21-25-41-45(29-37)53-57-49(41)62-54-47-31-39(67-35-17-9-3-10-18-35)23-27-43(47)51(59-54)64-56-48-32-40(68-36-19-11-4-12-20-36)24-28-44(48)52(60-56)63-55-46-30-38(66-34-15-7-2-8-16-34)22-26-42(46)50(58-55)61-53;;/h1-32H;;/q-2;;+2. The Labute approximate surface area is 407 Å². The monoisotopic (exact) mass is 947 g/mol. The maximum absolute atomic E-state index is 8.19. The minimum atomic E-state index is 0.388. The molecule has 0 saturated carbocycles. The van der Waals surface area contributed by atoms with E-state index in [0.29, 0.717) is 114 Å². The quantitative estimate of drug-likeness (QED) is 0.142. The third-order valence-corrected chi connectivity index (χ3v) is 11.5. The van der Waals surface area contributed by atoms with Crippen LogP contribution in [0.4, 0.5) is 0 Å². The molecule has 5 heterocycles. The molecule has 0 unspecified atom stereocenters. The predicted octanol–water partition coefficient (Wildman–Crippen LogP) is 13.2. The molecule has 0 saturated heterocycles. The van der Waals surface area contributed by atoms with Crippen molar-refractivity contribution in [2.75, 3.05) is 0 Å². The van der Waals surface area contributed by atoms with Crippen LogP contribution in [-0.4, -0.2) is 29.9 Å². The molecule has 2 aliphatic heterocycles. The molecule has 0 amide bonds. The van der Waals surface area contributed by atoms with Crippen LogP contribution in [0, 0.1) is 0 Å². The van der Waals surface area contributed by atoms with Gasteiger partial charge in [-0.15, -0.1) is 0 Å². The first kappa shape index (κ1) is 42.1. The van der Waals surface area contributed by atoms with E-state index in [1.54, 1.807) is 0 Å². The molecule has 3 aromatic heterocycles. The summed E-state index contributed by atoms with van der Waals surface area (Å²) in [5.74, 6) is 6.76. The molecule has 0 atom stereocenters. The van der Waals surface area contributed by atoms with E-state index in [1.165, 1.54) is 0 Å². The molecule has 11 aromatic rings. The zero-order valence-electron chi connectivity index (χ0n) is 36.5. The molecule has 0 N–H and O–H groups in total. The number of fused-ring (bicyclic) bond motifs is 20. The Morgan fingerprint density at radius 2 is 0.557 bits per heavy atom. The summed E-state index contributed by atoms with van der Waals surface area (Å²) in [5.41, 5.74) is 4.46. The number of ether oxygens (including phenoxy) is 4. The van der Waals surface area contributed by atoms with Crippen LogP contribution in [-0.2, 0) is 21.0 Å². The molecule has 331 valence electrons. The molecule has 2 aliphatic rings. The Kier molecular flexibility index (Phi) is 10.9. The first-order valence-corrected chi connectivity index (χ1v) is 22.6. The van der Waals surface area contributed by atoms with E-state index in [1.807, 2.05) is 194 Å². The van der Waals surface area contributed by atoms with E-state index in [4.69, 9.17) is 62.5 Å². The van der Waals surface area contributed by atoms with Crippen molar-refractivity contribution >= 4 is 44.1 Å². The molecule has 14 heteroatoms. The molecule has 13 nitrogen and oxygen atoms in total. The number of benzene rings is 8. The van der Waals surface area contributed by atoms with Crippen LogP contribution in [0.15, 0.2) is 194 Å². The van der Waals surface area contributed by atoms with Gasteiger partial charge < -0.3 is 48.9 Å². The van der Waals surface area contributed by atoms with Crippen LogP contribution < -0.4 is 28.9 Å². The first-order valence-electron chi connectivity index (χ1n) is 22.0. The molecule has 0 spiro atoms. The summed E-state index contributed by atoms with van der Waals surface area (Å²) in [5, 5.41) is 2.88. The molecule has 8 bridgehead atoms. The average Bonchev–Trinajstić information content (AvgIpc) is 4.13. The van der Waals surface area contributed by atoms with Crippen molar-refractivity contribution in [3.05, 3.63) is 194 Å². The van der Waals surface area contributed by atoms with Crippen molar-refractivity contribution in [1.82, 2.24) is 39.9 Å². The van der Waals surface area contributed by atoms with E-state index in [-0.39, 0.29) is 0 Å². The van der Waals surface area contributed by atoms with Gasteiger partial charge in [0.2, 0.25) is 0 Å². The average molecular weight is 948 g/mol. The van der Waals surface area contributed by atoms with Crippen LogP contribution in [0.2, 0.25) is 0 Å². The zero-order chi connectivity index (χ0) is 47.0. The number of hydrogen-bond donors (Lipinski definition) is 0. The summed E-state index contributed by atoms with van der Waals surface area (Å²) in [6.45, 7) is 0. The number of rotatable bonds is 8. The molecular formula is C56H32N8O5V. The largest absolute Gasteiger partial charge is 0.457 e. The number of aromatic nitrogens is 8. The molecule has 0 fully saturated rings. The van der Waals surface area contributed by atoms with Crippen molar-refractivity contribution < 1.29 is 40.0 Å². The molecule has 0 aliphatic carbocycles. The van der Waals surface area contributed by atoms with Crippen molar-refractivity contribution in [3.63, 3.8) is 0 Å². The van der Waals surface area contributed by atoms with Crippen LogP contribution in [0.5, 0.6) is 46.0 Å². The van der Waals surface area contributed by atoms with E-state index >= 15 is 0 Å². The van der Waals surface area contributed by atoms with Gasteiger partial charge in [0, 0.05) is 44.8 Å². The summed E-state index contributed by atoms with van der Waals surface area (Å²) in [7, 11) is 0. The van der Waals surface area contributed by atoms with Gasteiger partial charge in [-0.05, 0) is 143 Å². The third-order valence-electron chi connectivity index (χ3n) is 11.5. The van der Waals surface area contributed by atoms with Crippen LogP contribution in [0.25, 0.3) is 89.7 Å². The van der Waals surface area contributed by atoms with Crippen LogP contribution in [0.1, 0.15) is 0 Å². The Bertz CT molecular complexity index is 3690. The van der Waals surface area contributed by atoms with Gasteiger partial charge in [0.05, 0.1) is 23.3 Å². The summed E-state index contributed by atoms with van der Waals surface area (Å²) in [6, 6.07) is 61.5. The Balaban J connectivity index is 0.00000249. The molecular weight excluding hydrogens is 916 g/mol. The molecule has 70 heavy (non-hydrogen) atoms. The minimum absolute atomic E-state index is 0.388. The summed E-state index contributed by atoms with van der Waals surface area (Å²) in [6.07, 6.45) is 0. The maximum Gasteiger partial charge on any atom is 0.128 e. The zero-order valence-corrected chi connectivity index (χ0v) is 37.9. The van der Waals surface area contributed by atoms with Crippen molar-refractivity contribution in [2.24, 2.45) is 0 Å². The smallest absolute Gasteiger partial charge is 0.128 e. The third kappa shape index (κ3) is 8.17. The Morgan fingerprint density at radius 3 is 0.900 bits per heavy atom. The number of nitrogens with zero attached hydrogens (tertiary/aromatic N) is 8. The fourth-order valence-electron chi connectivity index (χ4n) is 8.33. The topological polar surface area (TPSA) is 160 Å². The van der Waals surface area contributed by atoms with E-state index < -0.39 is 0 Å². The van der Waals surface area contributed by atoms with Gasteiger partial charge in [-0.3, -0.25) is 0 Å². The summed E-state index contributed by atoms with van der Waals surface area (Å²) in [4.78, 5) is 41.2. The van der Waals surface area contributed by atoms with Crippen molar-refractivity contribution in [2.45, 2.75) is 0 Å². The van der Waals surface area contributed by atoms with Gasteiger partial charge in [-0.1, -0.05) is 72.8 Å². The van der Waals surface area contributed by atoms with Crippen LogP contribution in [0.3, 0.4) is 0 Å². The van der Waals surface area contributed by atoms with Gasteiger partial charge in [-0.2, -0.15) is 0 Å². The molecule has 13 rings (SSSR count). The van der Waals surface area contributed by atoms with Gasteiger partial charge in [-0.25, -0.2) is 9.97 Å².